The van der Waals surface area contributed by atoms with Gasteiger partial charge in [0.2, 0.25) is 0 Å². The number of benzene rings is 2. The summed E-state index contributed by atoms with van der Waals surface area (Å²) in [4.78, 5) is 21.0. The maximum atomic E-state index is 10.9. The van der Waals surface area contributed by atoms with Crippen LogP contribution >= 0.6 is 0 Å². The first-order valence-corrected chi connectivity index (χ1v) is 11.1. The van der Waals surface area contributed by atoms with Crippen LogP contribution in [-0.2, 0) is 9.53 Å². The minimum absolute atomic E-state index is 0.146. The minimum atomic E-state index is -0.146. The molecule has 4 N–H and O–H groups in total. The number of carbonyl (C=O) groups excluding carboxylic acids is 1. The number of ether oxygens (including phenoxy) is 2. The van der Waals surface area contributed by atoms with Crippen LogP contribution in [0.2, 0.25) is 0 Å². The zero-order valence-corrected chi connectivity index (χ0v) is 20.1. The number of aromatic nitrogens is 2. The van der Waals surface area contributed by atoms with E-state index in [4.69, 9.17) is 20.6 Å². The number of esters is 1. The number of hydrogen-bond donors (Lipinski definition) is 3. The number of nitrogens with one attached hydrogen (secondary N) is 2. The molecule has 0 unspecified atom stereocenters. The Kier molecular flexibility index (Phi) is 8.91. The molecule has 2 heterocycles. The number of hydrogen-bond acceptors (Lipinski definition) is 9. The first-order valence-electron chi connectivity index (χ1n) is 11.1. The molecule has 35 heavy (non-hydrogen) atoms. The van der Waals surface area contributed by atoms with Crippen LogP contribution in [0.4, 0.5) is 11.6 Å². The lowest BCUT2D eigenvalue weighted by atomic mass is 10.0. The zero-order chi connectivity index (χ0) is 25.2. The molecular formula is C26H30N6O3. The molecule has 0 spiro atoms. The fourth-order valence-electron chi connectivity index (χ4n) is 3.22. The molecule has 0 bridgehead atoms. The van der Waals surface area contributed by atoms with Gasteiger partial charge < -0.3 is 25.4 Å². The van der Waals surface area contributed by atoms with E-state index in [1.54, 1.807) is 7.05 Å². The number of nitrogen functional groups attached to an aromatic ring is 1. The summed E-state index contributed by atoms with van der Waals surface area (Å²) in [7, 11) is 5.67. The Balaban J connectivity index is 0.000000261. The van der Waals surface area contributed by atoms with E-state index in [0.29, 0.717) is 29.3 Å². The molecule has 9 heteroatoms. The number of likely N-dealkylation sites (N-methyl/N-ethyl adjacent to an activating group) is 1. The average molecular weight is 475 g/mol. The van der Waals surface area contributed by atoms with Crippen molar-refractivity contribution in [1.29, 1.82) is 5.41 Å². The summed E-state index contributed by atoms with van der Waals surface area (Å²) in [5.41, 5.74) is 8.17. The number of para-hydroxylation sites is 1. The normalized spacial score (nSPS) is 13.7. The van der Waals surface area contributed by atoms with Gasteiger partial charge in [-0.2, -0.15) is 0 Å². The quantitative estimate of drug-likeness (QED) is 0.269. The molecule has 2 aromatic carbocycles. The molecule has 182 valence electrons. The third-order valence-corrected chi connectivity index (χ3v) is 5.05. The van der Waals surface area contributed by atoms with Crippen molar-refractivity contribution in [2.24, 2.45) is 0 Å². The molecule has 1 aliphatic heterocycles. The molecule has 1 fully saturated rings. The lowest BCUT2D eigenvalue weighted by molar-refractivity contribution is -0.135. The number of nitrogens with zero attached hydrogens (tertiary/aromatic N) is 3. The van der Waals surface area contributed by atoms with Gasteiger partial charge in [-0.3, -0.25) is 5.41 Å². The van der Waals surface area contributed by atoms with Crippen molar-refractivity contribution in [3.8, 4) is 11.5 Å². The molecule has 4 rings (SSSR count). The molecule has 0 radical (unpaired) electrons. The lowest BCUT2D eigenvalue weighted by Gasteiger charge is -2.12. The van der Waals surface area contributed by atoms with Crippen molar-refractivity contribution in [3.63, 3.8) is 0 Å². The van der Waals surface area contributed by atoms with Crippen LogP contribution < -0.4 is 15.8 Å². The number of carbonyl (C=O) groups is 1. The summed E-state index contributed by atoms with van der Waals surface area (Å²) >= 11 is 0. The smallest absolute Gasteiger partial charge is 0.333 e. The van der Waals surface area contributed by atoms with Gasteiger partial charge in [0, 0.05) is 31.1 Å². The fourth-order valence-corrected chi connectivity index (χ4v) is 3.22. The van der Waals surface area contributed by atoms with Crippen LogP contribution in [0.1, 0.15) is 17.5 Å². The van der Waals surface area contributed by atoms with Crippen LogP contribution in [-0.4, -0.2) is 60.8 Å². The van der Waals surface area contributed by atoms with Gasteiger partial charge in [0.05, 0.1) is 17.9 Å². The SMILES string of the molecule is CN(C)C/C=C1\CCOC1=O.CNc1ncnc(N)c1C(=N)c1ccc(Oc2ccccc2)cc1. The summed E-state index contributed by atoms with van der Waals surface area (Å²) in [5, 5.41) is 11.3. The van der Waals surface area contributed by atoms with Crippen molar-refractivity contribution < 1.29 is 14.3 Å². The van der Waals surface area contributed by atoms with Gasteiger partial charge in [0.1, 0.15) is 29.5 Å². The highest BCUT2D eigenvalue weighted by Crippen LogP contribution is 2.24. The van der Waals surface area contributed by atoms with Gasteiger partial charge in [-0.1, -0.05) is 24.3 Å². The predicted molar refractivity (Wildman–Crippen MR) is 137 cm³/mol. The monoisotopic (exact) mass is 474 g/mol. The first kappa shape index (κ1) is 25.4. The topological polar surface area (TPSA) is 126 Å². The molecule has 0 saturated carbocycles. The molecule has 0 aliphatic carbocycles. The van der Waals surface area contributed by atoms with E-state index in [-0.39, 0.29) is 17.5 Å². The third kappa shape index (κ3) is 7.12. The molecule has 1 aliphatic rings. The van der Waals surface area contributed by atoms with Crippen LogP contribution in [0.25, 0.3) is 0 Å². The molecule has 0 atom stereocenters. The van der Waals surface area contributed by atoms with Crippen molar-refractivity contribution in [2.75, 3.05) is 45.3 Å². The Morgan fingerprint density at radius 1 is 1.14 bits per heavy atom. The summed E-state index contributed by atoms with van der Waals surface area (Å²) in [6.07, 6.45) is 4.07. The van der Waals surface area contributed by atoms with E-state index in [1.165, 1.54) is 6.33 Å². The fraction of sp³-hybridized carbons (Fsp3) is 0.231. The number of rotatable bonds is 7. The van der Waals surface area contributed by atoms with E-state index in [2.05, 4.69) is 15.3 Å². The Morgan fingerprint density at radius 3 is 2.43 bits per heavy atom. The molecule has 0 amide bonds. The molecule has 1 saturated heterocycles. The first-order chi connectivity index (χ1) is 16.9. The maximum Gasteiger partial charge on any atom is 0.333 e. The lowest BCUT2D eigenvalue weighted by Crippen LogP contribution is -2.12. The van der Waals surface area contributed by atoms with Gasteiger partial charge in [-0.15, -0.1) is 0 Å². The molecule has 1 aromatic heterocycles. The Hall–Kier alpha value is -4.24. The second-order valence-electron chi connectivity index (χ2n) is 7.92. The highest BCUT2D eigenvalue weighted by atomic mass is 16.5. The van der Waals surface area contributed by atoms with E-state index in [1.807, 2.05) is 79.7 Å². The predicted octanol–water partition coefficient (Wildman–Crippen LogP) is 3.73. The Labute approximate surface area is 205 Å². The van der Waals surface area contributed by atoms with Crippen molar-refractivity contribution in [2.45, 2.75) is 6.42 Å². The van der Waals surface area contributed by atoms with Crippen LogP contribution in [0.15, 0.2) is 72.6 Å². The summed E-state index contributed by atoms with van der Waals surface area (Å²) < 4.78 is 10.5. The largest absolute Gasteiger partial charge is 0.462 e. The Bertz CT molecular complexity index is 1180. The van der Waals surface area contributed by atoms with Gasteiger partial charge >= 0.3 is 5.97 Å². The molecule has 3 aromatic rings. The highest BCUT2D eigenvalue weighted by molar-refractivity contribution is 6.16. The van der Waals surface area contributed by atoms with Gasteiger partial charge in [-0.05, 0) is 50.5 Å². The zero-order valence-electron chi connectivity index (χ0n) is 20.1. The van der Waals surface area contributed by atoms with Crippen molar-refractivity contribution in [1.82, 2.24) is 14.9 Å². The maximum absolute atomic E-state index is 10.9. The summed E-state index contributed by atoms with van der Waals surface area (Å²) in [6.45, 7) is 1.36. The third-order valence-electron chi connectivity index (χ3n) is 5.05. The van der Waals surface area contributed by atoms with Crippen LogP contribution in [0.5, 0.6) is 11.5 Å². The highest BCUT2D eigenvalue weighted by Gasteiger charge is 2.17. The van der Waals surface area contributed by atoms with E-state index in [9.17, 15) is 4.79 Å². The van der Waals surface area contributed by atoms with Crippen LogP contribution in [0, 0.1) is 5.41 Å². The number of nitrogens with two attached hydrogens (primary N) is 1. The van der Waals surface area contributed by atoms with E-state index >= 15 is 0 Å². The van der Waals surface area contributed by atoms with Crippen molar-refractivity contribution in [3.05, 3.63) is 83.7 Å². The molecule has 9 nitrogen and oxygen atoms in total. The minimum Gasteiger partial charge on any atom is -0.462 e. The second-order valence-corrected chi connectivity index (χ2v) is 7.92. The average Bonchev–Trinajstić information content (AvgIpc) is 3.28. The van der Waals surface area contributed by atoms with Gasteiger partial charge in [0.15, 0.2) is 0 Å². The summed E-state index contributed by atoms with van der Waals surface area (Å²) in [5.74, 6) is 2.11. The molecular weight excluding hydrogens is 444 g/mol. The van der Waals surface area contributed by atoms with Gasteiger partial charge in [-0.25, -0.2) is 14.8 Å². The summed E-state index contributed by atoms with van der Waals surface area (Å²) in [6, 6.07) is 16.8. The number of cyclic esters (lactones) is 1. The Morgan fingerprint density at radius 2 is 1.83 bits per heavy atom. The standard InChI is InChI=1S/C18H17N5O.C8H13NO2/c1-21-18-15(17(20)22-11-23-18)16(19)12-7-9-14(10-8-12)24-13-5-3-2-4-6-13;1-9(2)5-3-7-4-6-11-8(7)10/h2-11,19H,1H3,(H3,20,21,22,23);3H,4-6H2,1-2H3/b;7-3+. The van der Waals surface area contributed by atoms with E-state index < -0.39 is 0 Å². The van der Waals surface area contributed by atoms with E-state index in [0.717, 1.165) is 24.3 Å². The van der Waals surface area contributed by atoms with Crippen molar-refractivity contribution >= 4 is 23.3 Å². The second kappa shape index (κ2) is 12.3. The van der Waals surface area contributed by atoms with Crippen LogP contribution in [0.3, 0.4) is 0 Å². The van der Waals surface area contributed by atoms with Gasteiger partial charge in [0.25, 0.3) is 0 Å². The number of anilines is 2.